The maximum Gasteiger partial charge on any atom is 0.217 e. The zero-order valence-corrected chi connectivity index (χ0v) is 15.8. The Balaban J connectivity index is 1.41. The molecular formula is C20H21ClN4O2. The van der Waals surface area contributed by atoms with Gasteiger partial charge in [-0.15, -0.1) is 0 Å². The summed E-state index contributed by atoms with van der Waals surface area (Å²) in [7, 11) is 1.63. The molecule has 0 fully saturated rings. The Kier molecular flexibility index (Phi) is 5.38. The smallest absolute Gasteiger partial charge is 0.217 e. The lowest BCUT2D eigenvalue weighted by Crippen LogP contribution is -2.36. The van der Waals surface area contributed by atoms with E-state index in [0.717, 1.165) is 40.8 Å². The van der Waals surface area contributed by atoms with Gasteiger partial charge in [-0.1, -0.05) is 29.8 Å². The highest BCUT2D eigenvalue weighted by atomic mass is 35.5. The van der Waals surface area contributed by atoms with Crippen molar-refractivity contribution in [1.29, 1.82) is 0 Å². The number of nitrogens with zero attached hydrogens (tertiary/aromatic N) is 3. The summed E-state index contributed by atoms with van der Waals surface area (Å²) < 4.78 is 13.5. The first-order chi connectivity index (χ1) is 13.2. The first-order valence-corrected chi connectivity index (χ1v) is 9.23. The standard InChI is InChI=1S/C20H21ClN4O2/c1-26-20-15(3-2-8-23-20)9-22-10-17-12-25-18(11-24-19(25)13-27-17)14-4-6-16(21)7-5-14/h2-8,11,17,22H,9-10,12-13H2,1H3/t17-/m0/s1. The van der Waals surface area contributed by atoms with Crippen molar-refractivity contribution < 1.29 is 9.47 Å². The molecule has 1 aromatic carbocycles. The average Bonchev–Trinajstić information content (AvgIpc) is 3.12. The van der Waals surface area contributed by atoms with E-state index in [0.29, 0.717) is 19.0 Å². The lowest BCUT2D eigenvalue weighted by atomic mass is 10.1. The van der Waals surface area contributed by atoms with Crippen LogP contribution in [0.5, 0.6) is 5.88 Å². The summed E-state index contributed by atoms with van der Waals surface area (Å²) in [6.07, 6.45) is 3.70. The van der Waals surface area contributed by atoms with Gasteiger partial charge in [0.2, 0.25) is 5.88 Å². The zero-order valence-electron chi connectivity index (χ0n) is 15.1. The number of rotatable bonds is 6. The van der Waals surface area contributed by atoms with Gasteiger partial charge < -0.3 is 19.4 Å². The topological polar surface area (TPSA) is 61.2 Å². The summed E-state index contributed by atoms with van der Waals surface area (Å²) in [5.74, 6) is 1.60. The molecule has 6 nitrogen and oxygen atoms in total. The molecule has 0 spiro atoms. The van der Waals surface area contributed by atoms with Gasteiger partial charge in [-0.3, -0.25) is 0 Å². The molecule has 0 radical (unpaired) electrons. The first-order valence-electron chi connectivity index (χ1n) is 8.85. The molecule has 1 atom stereocenters. The maximum absolute atomic E-state index is 6.00. The van der Waals surface area contributed by atoms with Crippen molar-refractivity contribution in [2.24, 2.45) is 0 Å². The Morgan fingerprint density at radius 3 is 2.93 bits per heavy atom. The monoisotopic (exact) mass is 384 g/mol. The molecular weight excluding hydrogens is 364 g/mol. The molecule has 3 aromatic rings. The van der Waals surface area contributed by atoms with E-state index in [9.17, 15) is 0 Å². The zero-order chi connectivity index (χ0) is 18.6. The number of fused-ring (bicyclic) bond motifs is 1. The number of aromatic nitrogens is 3. The van der Waals surface area contributed by atoms with Gasteiger partial charge in [0.05, 0.1) is 31.6 Å². The maximum atomic E-state index is 6.00. The van der Waals surface area contributed by atoms with E-state index < -0.39 is 0 Å². The minimum Gasteiger partial charge on any atom is -0.481 e. The van der Waals surface area contributed by atoms with Gasteiger partial charge >= 0.3 is 0 Å². The molecule has 4 rings (SSSR count). The Labute approximate surface area is 163 Å². The number of hydrogen-bond donors (Lipinski definition) is 1. The second-order valence-electron chi connectivity index (χ2n) is 6.41. The Morgan fingerprint density at radius 1 is 1.26 bits per heavy atom. The van der Waals surface area contributed by atoms with E-state index in [4.69, 9.17) is 21.1 Å². The summed E-state index contributed by atoms with van der Waals surface area (Å²) in [4.78, 5) is 8.72. The number of hydrogen-bond acceptors (Lipinski definition) is 5. The third kappa shape index (κ3) is 3.98. The largest absolute Gasteiger partial charge is 0.481 e. The molecule has 27 heavy (non-hydrogen) atoms. The highest BCUT2D eigenvalue weighted by Gasteiger charge is 2.22. The molecule has 0 amide bonds. The highest BCUT2D eigenvalue weighted by Crippen LogP contribution is 2.26. The molecule has 0 bridgehead atoms. The van der Waals surface area contributed by atoms with Crippen LogP contribution in [0.2, 0.25) is 5.02 Å². The number of pyridine rings is 1. The molecule has 140 valence electrons. The van der Waals surface area contributed by atoms with Crippen LogP contribution in [0.1, 0.15) is 11.4 Å². The molecule has 3 heterocycles. The van der Waals surface area contributed by atoms with Gasteiger partial charge in [0.1, 0.15) is 12.4 Å². The van der Waals surface area contributed by atoms with E-state index >= 15 is 0 Å². The van der Waals surface area contributed by atoms with Crippen molar-refractivity contribution in [2.45, 2.75) is 25.8 Å². The second-order valence-corrected chi connectivity index (χ2v) is 6.85. The predicted molar refractivity (Wildman–Crippen MR) is 104 cm³/mol. The van der Waals surface area contributed by atoms with Gasteiger partial charge in [0, 0.05) is 29.9 Å². The molecule has 0 saturated carbocycles. The fourth-order valence-electron chi connectivity index (χ4n) is 3.27. The van der Waals surface area contributed by atoms with Crippen molar-refractivity contribution in [2.75, 3.05) is 13.7 Å². The number of methoxy groups -OCH3 is 1. The molecule has 1 aliphatic heterocycles. The molecule has 1 N–H and O–H groups in total. The number of imidazole rings is 1. The van der Waals surface area contributed by atoms with Gasteiger partial charge in [0.25, 0.3) is 0 Å². The molecule has 7 heteroatoms. The summed E-state index contributed by atoms with van der Waals surface area (Å²) in [5, 5.41) is 4.17. The summed E-state index contributed by atoms with van der Waals surface area (Å²) in [6, 6.07) is 11.8. The first kappa shape index (κ1) is 18.0. The molecule has 0 saturated heterocycles. The van der Waals surface area contributed by atoms with E-state index in [-0.39, 0.29) is 6.10 Å². The van der Waals surface area contributed by atoms with Crippen LogP contribution in [-0.2, 0) is 24.4 Å². The van der Waals surface area contributed by atoms with Crippen LogP contribution in [0, 0.1) is 0 Å². The normalized spacial score (nSPS) is 16.1. The van der Waals surface area contributed by atoms with E-state index in [1.165, 1.54) is 0 Å². The van der Waals surface area contributed by atoms with Gasteiger partial charge in [-0.05, 0) is 23.8 Å². The van der Waals surface area contributed by atoms with E-state index in [1.54, 1.807) is 13.3 Å². The van der Waals surface area contributed by atoms with Crippen LogP contribution >= 0.6 is 11.6 Å². The van der Waals surface area contributed by atoms with Gasteiger partial charge in [-0.25, -0.2) is 9.97 Å². The fourth-order valence-corrected chi connectivity index (χ4v) is 3.39. The lowest BCUT2D eigenvalue weighted by Gasteiger charge is -2.26. The predicted octanol–water partition coefficient (Wildman–Crippen LogP) is 3.30. The van der Waals surface area contributed by atoms with Gasteiger partial charge in [-0.2, -0.15) is 0 Å². The van der Waals surface area contributed by atoms with Crippen molar-refractivity contribution in [3.05, 3.63) is 65.2 Å². The Hall–Kier alpha value is -2.41. The highest BCUT2D eigenvalue weighted by molar-refractivity contribution is 6.30. The summed E-state index contributed by atoms with van der Waals surface area (Å²) in [5.41, 5.74) is 3.22. The average molecular weight is 385 g/mol. The van der Waals surface area contributed by atoms with Crippen LogP contribution in [0.3, 0.4) is 0 Å². The fraction of sp³-hybridized carbons (Fsp3) is 0.300. The number of halogens is 1. The lowest BCUT2D eigenvalue weighted by molar-refractivity contribution is 0.00323. The second kappa shape index (κ2) is 8.08. The van der Waals surface area contributed by atoms with Crippen LogP contribution < -0.4 is 10.1 Å². The Morgan fingerprint density at radius 2 is 2.11 bits per heavy atom. The molecule has 0 unspecified atom stereocenters. The van der Waals surface area contributed by atoms with Crippen LogP contribution in [0.4, 0.5) is 0 Å². The van der Waals surface area contributed by atoms with Crippen molar-refractivity contribution in [3.63, 3.8) is 0 Å². The van der Waals surface area contributed by atoms with Crippen LogP contribution in [0.15, 0.2) is 48.8 Å². The number of nitrogens with one attached hydrogen (secondary N) is 1. The van der Waals surface area contributed by atoms with Gasteiger partial charge in [0.15, 0.2) is 0 Å². The number of benzene rings is 1. The van der Waals surface area contributed by atoms with E-state index in [2.05, 4.69) is 19.9 Å². The quantitative estimate of drug-likeness (QED) is 0.706. The number of ether oxygens (including phenoxy) is 2. The third-order valence-electron chi connectivity index (χ3n) is 4.64. The molecule has 0 aliphatic carbocycles. The minimum atomic E-state index is 0.0698. The third-order valence-corrected chi connectivity index (χ3v) is 4.90. The SMILES string of the molecule is COc1ncccc1CNC[C@H]1Cn2c(-c3ccc(Cl)cc3)cnc2CO1. The van der Waals surface area contributed by atoms with Crippen molar-refractivity contribution in [1.82, 2.24) is 19.9 Å². The van der Waals surface area contributed by atoms with Crippen molar-refractivity contribution >= 4 is 11.6 Å². The minimum absolute atomic E-state index is 0.0698. The molecule has 2 aromatic heterocycles. The van der Waals surface area contributed by atoms with Crippen LogP contribution in [0.25, 0.3) is 11.3 Å². The summed E-state index contributed by atoms with van der Waals surface area (Å²) >= 11 is 6.00. The molecule has 1 aliphatic rings. The Bertz CT molecular complexity index is 911. The van der Waals surface area contributed by atoms with Crippen molar-refractivity contribution in [3.8, 4) is 17.1 Å². The van der Waals surface area contributed by atoms with Crippen LogP contribution in [-0.4, -0.2) is 34.3 Å². The van der Waals surface area contributed by atoms with E-state index in [1.807, 2.05) is 42.6 Å². The summed E-state index contributed by atoms with van der Waals surface area (Å²) in [6.45, 7) is 2.67.